The highest BCUT2D eigenvalue weighted by Gasteiger charge is 2.33. The zero-order chi connectivity index (χ0) is 22.1. The smallest absolute Gasteiger partial charge is 0.318 e. The minimum absolute atomic E-state index is 0.231. The van der Waals surface area contributed by atoms with Gasteiger partial charge in [0, 0.05) is 17.6 Å². The van der Waals surface area contributed by atoms with Gasteiger partial charge in [-0.15, -0.1) is 0 Å². The summed E-state index contributed by atoms with van der Waals surface area (Å²) < 4.78 is 15.5. The SMILES string of the molecule is CCc1ccc(C2c3cccn3-c3ccccc3CN2C(=O)Nc2ccc(F)cc2)cc1. The summed E-state index contributed by atoms with van der Waals surface area (Å²) >= 11 is 0. The van der Waals surface area contributed by atoms with Gasteiger partial charge in [0.25, 0.3) is 0 Å². The number of carbonyl (C=O) groups excluding carboxylic acids is 1. The highest BCUT2D eigenvalue weighted by Crippen LogP contribution is 2.37. The van der Waals surface area contributed by atoms with Crippen molar-refractivity contribution in [3.05, 3.63) is 119 Å². The summed E-state index contributed by atoms with van der Waals surface area (Å²) in [4.78, 5) is 15.4. The maximum atomic E-state index is 13.6. The van der Waals surface area contributed by atoms with E-state index in [1.165, 1.54) is 17.7 Å². The second kappa shape index (κ2) is 8.35. The number of para-hydroxylation sites is 1. The Morgan fingerprint density at radius 1 is 0.969 bits per heavy atom. The van der Waals surface area contributed by atoms with E-state index < -0.39 is 0 Å². The van der Waals surface area contributed by atoms with E-state index in [1.54, 1.807) is 12.1 Å². The lowest BCUT2D eigenvalue weighted by molar-refractivity contribution is 0.194. The average molecular weight is 426 g/mol. The Hall–Kier alpha value is -3.86. The highest BCUT2D eigenvalue weighted by atomic mass is 19.1. The summed E-state index contributed by atoms with van der Waals surface area (Å²) in [7, 11) is 0. The van der Waals surface area contributed by atoms with Crippen LogP contribution in [0.4, 0.5) is 14.9 Å². The monoisotopic (exact) mass is 425 g/mol. The van der Waals surface area contributed by atoms with Crippen molar-refractivity contribution in [1.82, 2.24) is 9.47 Å². The Kier molecular flexibility index (Phi) is 5.23. The molecule has 3 aromatic carbocycles. The van der Waals surface area contributed by atoms with Gasteiger partial charge in [-0.2, -0.15) is 0 Å². The van der Waals surface area contributed by atoms with Crippen LogP contribution in [0.2, 0.25) is 0 Å². The van der Waals surface area contributed by atoms with Crippen LogP contribution < -0.4 is 5.32 Å². The molecule has 4 aromatic rings. The Morgan fingerprint density at radius 2 is 1.72 bits per heavy atom. The van der Waals surface area contributed by atoms with Crippen LogP contribution in [0.25, 0.3) is 5.69 Å². The fourth-order valence-corrected chi connectivity index (χ4v) is 4.35. The normalized spacial score (nSPS) is 14.9. The number of hydrogen-bond donors (Lipinski definition) is 1. The third-order valence-electron chi connectivity index (χ3n) is 6.02. The Labute approximate surface area is 186 Å². The zero-order valence-electron chi connectivity index (χ0n) is 17.8. The van der Waals surface area contributed by atoms with Crippen LogP contribution in [0, 0.1) is 5.82 Å². The number of nitrogens with one attached hydrogen (secondary N) is 1. The predicted octanol–water partition coefficient (Wildman–Crippen LogP) is 6.32. The van der Waals surface area contributed by atoms with Crippen LogP contribution in [0.1, 0.15) is 35.3 Å². The fraction of sp³-hybridized carbons (Fsp3) is 0.148. The molecule has 0 bridgehead atoms. The molecule has 1 unspecified atom stereocenters. The average Bonchev–Trinajstić information content (AvgIpc) is 3.25. The van der Waals surface area contributed by atoms with E-state index in [9.17, 15) is 9.18 Å². The summed E-state index contributed by atoms with van der Waals surface area (Å²) in [5, 5.41) is 2.95. The van der Waals surface area contributed by atoms with Gasteiger partial charge >= 0.3 is 6.03 Å². The number of aromatic nitrogens is 1. The van der Waals surface area contributed by atoms with Crippen molar-refractivity contribution in [2.24, 2.45) is 0 Å². The number of halogens is 1. The molecule has 1 aliphatic rings. The molecule has 5 rings (SSSR count). The van der Waals surface area contributed by atoms with Gasteiger partial charge in [-0.25, -0.2) is 9.18 Å². The molecule has 5 heteroatoms. The van der Waals surface area contributed by atoms with Crippen molar-refractivity contribution in [2.75, 3.05) is 5.32 Å². The largest absolute Gasteiger partial charge is 0.322 e. The molecular weight excluding hydrogens is 401 g/mol. The van der Waals surface area contributed by atoms with Gasteiger partial charge in [0.05, 0.1) is 18.3 Å². The molecule has 2 heterocycles. The summed E-state index contributed by atoms with van der Waals surface area (Å²) in [6, 6.07) is 26.0. The first-order valence-corrected chi connectivity index (χ1v) is 10.8. The number of carbonyl (C=O) groups is 1. The third-order valence-corrected chi connectivity index (χ3v) is 6.02. The molecule has 1 aliphatic heterocycles. The molecule has 0 saturated heterocycles. The zero-order valence-corrected chi connectivity index (χ0v) is 17.8. The minimum Gasteiger partial charge on any atom is -0.318 e. The summed E-state index contributed by atoms with van der Waals surface area (Å²) in [6.07, 6.45) is 3.00. The molecule has 0 radical (unpaired) electrons. The number of hydrogen-bond acceptors (Lipinski definition) is 1. The Balaban J connectivity index is 1.61. The van der Waals surface area contributed by atoms with Crippen LogP contribution in [0.3, 0.4) is 0 Å². The number of benzene rings is 3. The molecule has 32 heavy (non-hydrogen) atoms. The molecule has 160 valence electrons. The van der Waals surface area contributed by atoms with Crippen molar-refractivity contribution in [3.8, 4) is 5.69 Å². The quantitative estimate of drug-likeness (QED) is 0.410. The van der Waals surface area contributed by atoms with E-state index in [2.05, 4.69) is 59.3 Å². The van der Waals surface area contributed by atoms with Crippen LogP contribution in [-0.4, -0.2) is 15.5 Å². The molecule has 1 N–H and O–H groups in total. The van der Waals surface area contributed by atoms with E-state index in [0.717, 1.165) is 28.9 Å². The number of amides is 2. The van der Waals surface area contributed by atoms with Gasteiger partial charge < -0.3 is 14.8 Å². The Morgan fingerprint density at radius 3 is 2.47 bits per heavy atom. The minimum atomic E-state index is -0.335. The first-order chi connectivity index (χ1) is 15.6. The van der Waals surface area contributed by atoms with Gasteiger partial charge in [-0.3, -0.25) is 0 Å². The predicted molar refractivity (Wildman–Crippen MR) is 124 cm³/mol. The van der Waals surface area contributed by atoms with Gasteiger partial charge in [-0.1, -0.05) is 49.4 Å². The Bertz CT molecular complexity index is 1240. The van der Waals surface area contributed by atoms with E-state index in [0.29, 0.717) is 12.2 Å². The lowest BCUT2D eigenvalue weighted by Gasteiger charge is -2.31. The number of rotatable bonds is 3. The van der Waals surface area contributed by atoms with Crippen LogP contribution in [-0.2, 0) is 13.0 Å². The number of nitrogens with zero attached hydrogens (tertiary/aromatic N) is 2. The maximum absolute atomic E-state index is 13.6. The first-order valence-electron chi connectivity index (χ1n) is 10.8. The van der Waals surface area contributed by atoms with Crippen molar-refractivity contribution in [3.63, 3.8) is 0 Å². The van der Waals surface area contributed by atoms with Gasteiger partial charge in [0.2, 0.25) is 0 Å². The van der Waals surface area contributed by atoms with Crippen molar-refractivity contribution in [1.29, 1.82) is 0 Å². The standard InChI is InChI=1S/C27H24FN3O/c1-2-19-9-11-20(12-10-19)26-25-8-5-17-30(25)24-7-4-3-6-21(24)18-31(26)27(32)29-23-15-13-22(28)14-16-23/h3-17,26H,2,18H2,1H3,(H,29,32). The van der Waals surface area contributed by atoms with Crippen molar-refractivity contribution in [2.45, 2.75) is 25.9 Å². The van der Waals surface area contributed by atoms with Crippen LogP contribution in [0.15, 0.2) is 91.1 Å². The summed E-state index contributed by atoms with van der Waals surface area (Å²) in [5.41, 5.74) is 6.01. The van der Waals surface area contributed by atoms with Gasteiger partial charge in [-0.05, 0) is 65.6 Å². The summed E-state index contributed by atoms with van der Waals surface area (Å²) in [6.45, 7) is 2.58. The number of aryl methyl sites for hydroxylation is 1. The first kappa shape index (κ1) is 20.1. The third kappa shape index (κ3) is 3.66. The summed E-state index contributed by atoms with van der Waals surface area (Å²) in [5.74, 6) is -0.335. The molecule has 1 atom stereocenters. The maximum Gasteiger partial charge on any atom is 0.322 e. The molecule has 0 spiro atoms. The second-order valence-corrected chi connectivity index (χ2v) is 7.99. The van der Waals surface area contributed by atoms with Crippen molar-refractivity contribution < 1.29 is 9.18 Å². The molecule has 2 amide bonds. The van der Waals surface area contributed by atoms with E-state index in [4.69, 9.17) is 0 Å². The topological polar surface area (TPSA) is 37.3 Å². The molecule has 0 fully saturated rings. The van der Waals surface area contributed by atoms with E-state index in [1.807, 2.05) is 29.3 Å². The molecule has 1 aromatic heterocycles. The highest BCUT2D eigenvalue weighted by molar-refractivity contribution is 5.90. The number of fused-ring (bicyclic) bond motifs is 3. The van der Waals surface area contributed by atoms with Crippen molar-refractivity contribution >= 4 is 11.7 Å². The van der Waals surface area contributed by atoms with Crippen LogP contribution >= 0.6 is 0 Å². The molecule has 4 nitrogen and oxygen atoms in total. The molecule has 0 aliphatic carbocycles. The van der Waals surface area contributed by atoms with Gasteiger partial charge in [0.1, 0.15) is 5.82 Å². The fourth-order valence-electron chi connectivity index (χ4n) is 4.35. The number of anilines is 1. The van der Waals surface area contributed by atoms with Crippen LogP contribution in [0.5, 0.6) is 0 Å². The lowest BCUT2D eigenvalue weighted by atomic mass is 10.00. The molecule has 0 saturated carbocycles. The van der Waals surface area contributed by atoms with E-state index >= 15 is 0 Å². The molecular formula is C27H24FN3O. The van der Waals surface area contributed by atoms with E-state index in [-0.39, 0.29) is 17.9 Å². The lowest BCUT2D eigenvalue weighted by Crippen LogP contribution is -2.37. The van der Waals surface area contributed by atoms with Gasteiger partial charge in [0.15, 0.2) is 0 Å². The second-order valence-electron chi connectivity index (χ2n) is 7.99. The number of urea groups is 1.